The molecule has 0 unspecified atom stereocenters. The topological polar surface area (TPSA) is 85.1 Å². The Morgan fingerprint density at radius 3 is 2.62 bits per heavy atom. The molecule has 0 radical (unpaired) electrons. The van der Waals surface area contributed by atoms with Gasteiger partial charge in [0.15, 0.2) is 5.78 Å². The highest BCUT2D eigenvalue weighted by atomic mass is 35.5. The van der Waals surface area contributed by atoms with Gasteiger partial charge in [-0.3, -0.25) is 9.59 Å². The lowest BCUT2D eigenvalue weighted by atomic mass is 10.0. The summed E-state index contributed by atoms with van der Waals surface area (Å²) in [7, 11) is 0. The van der Waals surface area contributed by atoms with E-state index in [9.17, 15) is 9.59 Å². The minimum Gasteiger partial charge on any atom is -0.480 e. The molecule has 0 spiro atoms. The van der Waals surface area contributed by atoms with Gasteiger partial charge in [0.25, 0.3) is 0 Å². The molecular weight excluding hydrogens is 353 g/mol. The Bertz CT molecular complexity index is 982. The summed E-state index contributed by atoms with van der Waals surface area (Å²) in [4.78, 5) is 31.2. The fraction of sp³-hybridized carbons (Fsp3) is 0.125. The Balaban J connectivity index is 2.40. The van der Waals surface area contributed by atoms with Crippen LogP contribution < -0.4 is 0 Å². The van der Waals surface area contributed by atoms with Crippen molar-refractivity contribution in [1.29, 1.82) is 0 Å². The van der Waals surface area contributed by atoms with E-state index in [-0.39, 0.29) is 18.0 Å². The number of fused-ring (bicyclic) bond motifs is 1. The number of benzene rings is 1. The molecule has 3 rings (SSSR count). The predicted molar refractivity (Wildman–Crippen MR) is 90.6 cm³/mol. The molecule has 0 atom stereocenters. The van der Waals surface area contributed by atoms with Gasteiger partial charge in [-0.05, 0) is 6.07 Å². The lowest BCUT2D eigenvalue weighted by molar-refractivity contribution is -0.137. The lowest BCUT2D eigenvalue weighted by Gasteiger charge is -2.05. The van der Waals surface area contributed by atoms with Crippen LogP contribution in [0.4, 0.5) is 0 Å². The van der Waals surface area contributed by atoms with Crippen molar-refractivity contribution in [2.75, 3.05) is 0 Å². The highest BCUT2D eigenvalue weighted by Crippen LogP contribution is 2.38. The molecule has 6 nitrogen and oxygen atoms in total. The van der Waals surface area contributed by atoms with Gasteiger partial charge in [-0.1, -0.05) is 35.3 Å². The Labute approximate surface area is 146 Å². The first-order valence-corrected chi connectivity index (χ1v) is 7.66. The molecule has 0 aliphatic rings. The fourth-order valence-electron chi connectivity index (χ4n) is 2.57. The van der Waals surface area contributed by atoms with Gasteiger partial charge < -0.3 is 9.67 Å². The quantitative estimate of drug-likeness (QED) is 0.714. The van der Waals surface area contributed by atoms with Crippen LogP contribution in [0.1, 0.15) is 17.4 Å². The molecule has 0 aliphatic heterocycles. The first-order valence-electron chi connectivity index (χ1n) is 6.91. The van der Waals surface area contributed by atoms with E-state index in [1.54, 1.807) is 24.4 Å². The molecule has 122 valence electrons. The van der Waals surface area contributed by atoms with Crippen LogP contribution in [-0.2, 0) is 11.3 Å². The average Bonchev–Trinajstić information content (AvgIpc) is 2.88. The summed E-state index contributed by atoms with van der Waals surface area (Å²) < 4.78 is 1.44. The van der Waals surface area contributed by atoms with Crippen LogP contribution in [-0.4, -0.2) is 31.4 Å². The second-order valence-corrected chi connectivity index (χ2v) is 5.93. The first kappa shape index (κ1) is 16.4. The SMILES string of the molecule is CC(=O)c1ncnc2c1c(-c1cccc(Cl)c1Cl)cn2CC(=O)O. The van der Waals surface area contributed by atoms with Crippen LogP contribution in [0.5, 0.6) is 0 Å². The number of Topliss-reactive ketones (excluding diaryl/α,β-unsaturated/α-hetero) is 1. The van der Waals surface area contributed by atoms with Crippen molar-refractivity contribution in [2.24, 2.45) is 0 Å². The molecule has 3 aromatic rings. The number of carboxylic acids is 1. The number of nitrogens with zero attached hydrogens (tertiary/aromatic N) is 3. The van der Waals surface area contributed by atoms with E-state index in [0.717, 1.165) is 0 Å². The molecule has 8 heteroatoms. The Hall–Kier alpha value is -2.44. The van der Waals surface area contributed by atoms with Crippen molar-refractivity contribution in [3.8, 4) is 11.1 Å². The molecule has 0 amide bonds. The number of carbonyl (C=O) groups excluding carboxylic acids is 1. The van der Waals surface area contributed by atoms with E-state index in [1.807, 2.05) is 0 Å². The van der Waals surface area contributed by atoms with Crippen molar-refractivity contribution >= 4 is 46.0 Å². The molecular formula is C16H11Cl2N3O3. The molecule has 0 saturated heterocycles. The number of aromatic nitrogens is 3. The molecule has 0 saturated carbocycles. The van der Waals surface area contributed by atoms with Gasteiger partial charge >= 0.3 is 5.97 Å². The van der Waals surface area contributed by atoms with Gasteiger partial charge in [0, 0.05) is 24.2 Å². The molecule has 2 heterocycles. The van der Waals surface area contributed by atoms with Crippen molar-refractivity contribution in [3.63, 3.8) is 0 Å². The molecule has 1 aromatic carbocycles. The van der Waals surface area contributed by atoms with E-state index in [2.05, 4.69) is 9.97 Å². The van der Waals surface area contributed by atoms with Gasteiger partial charge in [0.1, 0.15) is 24.2 Å². The highest BCUT2D eigenvalue weighted by molar-refractivity contribution is 6.44. The lowest BCUT2D eigenvalue weighted by Crippen LogP contribution is -2.08. The number of carbonyl (C=O) groups is 2. The number of aliphatic carboxylic acids is 1. The number of rotatable bonds is 4. The van der Waals surface area contributed by atoms with Crippen LogP contribution in [0.3, 0.4) is 0 Å². The third-order valence-corrected chi connectivity index (χ3v) is 4.35. The largest absolute Gasteiger partial charge is 0.480 e. The van der Waals surface area contributed by atoms with E-state index in [4.69, 9.17) is 28.3 Å². The van der Waals surface area contributed by atoms with Gasteiger partial charge in [-0.25, -0.2) is 9.97 Å². The molecule has 0 bridgehead atoms. The molecule has 24 heavy (non-hydrogen) atoms. The average molecular weight is 364 g/mol. The van der Waals surface area contributed by atoms with E-state index in [1.165, 1.54) is 17.8 Å². The minimum absolute atomic E-state index is 0.204. The first-order chi connectivity index (χ1) is 11.4. The fourth-order valence-corrected chi connectivity index (χ4v) is 2.98. The minimum atomic E-state index is -1.03. The standard InChI is InChI=1S/C16H11Cl2N3O3/c1-8(22)15-13-10(9-3-2-4-11(17)14(9)18)5-21(6-12(23)24)16(13)20-7-19-15/h2-5,7H,6H2,1H3,(H,23,24). The summed E-state index contributed by atoms with van der Waals surface area (Å²) in [6.45, 7) is 1.09. The Morgan fingerprint density at radius 2 is 1.96 bits per heavy atom. The van der Waals surface area contributed by atoms with Gasteiger partial charge in [0.2, 0.25) is 0 Å². The normalized spacial score (nSPS) is 11.0. The summed E-state index contributed by atoms with van der Waals surface area (Å²) in [5.74, 6) is -1.28. The van der Waals surface area contributed by atoms with Crippen molar-refractivity contribution in [3.05, 3.63) is 46.5 Å². The monoisotopic (exact) mass is 363 g/mol. The van der Waals surface area contributed by atoms with Crippen molar-refractivity contribution in [2.45, 2.75) is 13.5 Å². The zero-order valence-electron chi connectivity index (χ0n) is 12.5. The second-order valence-electron chi connectivity index (χ2n) is 5.14. The maximum atomic E-state index is 12.0. The van der Waals surface area contributed by atoms with Crippen molar-refractivity contribution in [1.82, 2.24) is 14.5 Å². The van der Waals surface area contributed by atoms with E-state index < -0.39 is 5.97 Å². The summed E-state index contributed by atoms with van der Waals surface area (Å²) in [5.41, 5.74) is 1.69. The number of hydrogen-bond acceptors (Lipinski definition) is 4. The second kappa shape index (κ2) is 6.22. The number of carboxylic acid groups (broad SMARTS) is 1. The zero-order valence-corrected chi connectivity index (χ0v) is 14.0. The highest BCUT2D eigenvalue weighted by Gasteiger charge is 2.21. The molecule has 1 N–H and O–H groups in total. The van der Waals surface area contributed by atoms with Gasteiger partial charge in [0.05, 0.1) is 15.4 Å². The predicted octanol–water partition coefficient (Wildman–Crippen LogP) is 3.69. The van der Waals surface area contributed by atoms with Crippen molar-refractivity contribution < 1.29 is 14.7 Å². The smallest absolute Gasteiger partial charge is 0.323 e. The van der Waals surface area contributed by atoms with Gasteiger partial charge in [-0.2, -0.15) is 0 Å². The maximum absolute atomic E-state index is 12.0. The van der Waals surface area contributed by atoms with Crippen LogP contribution in [0.2, 0.25) is 10.0 Å². The number of ketones is 1. The maximum Gasteiger partial charge on any atom is 0.323 e. The van der Waals surface area contributed by atoms with Crippen LogP contribution in [0, 0.1) is 0 Å². The third kappa shape index (κ3) is 2.74. The van der Waals surface area contributed by atoms with Crippen LogP contribution in [0.15, 0.2) is 30.7 Å². The summed E-state index contributed by atoms with van der Waals surface area (Å²) in [6, 6.07) is 5.11. The summed E-state index contributed by atoms with van der Waals surface area (Å²) in [5, 5.41) is 10.2. The van der Waals surface area contributed by atoms with Crippen LogP contribution in [0.25, 0.3) is 22.2 Å². The molecule has 0 fully saturated rings. The zero-order chi connectivity index (χ0) is 17.4. The third-order valence-electron chi connectivity index (χ3n) is 3.53. The van der Waals surface area contributed by atoms with E-state index in [0.29, 0.717) is 32.2 Å². The van der Waals surface area contributed by atoms with Gasteiger partial charge in [-0.15, -0.1) is 0 Å². The van der Waals surface area contributed by atoms with Crippen LogP contribution >= 0.6 is 23.2 Å². The number of halogens is 2. The Kier molecular flexibility index (Phi) is 4.26. The number of hydrogen-bond donors (Lipinski definition) is 1. The van der Waals surface area contributed by atoms with E-state index >= 15 is 0 Å². The Morgan fingerprint density at radius 1 is 1.21 bits per heavy atom. The molecule has 0 aliphatic carbocycles. The summed E-state index contributed by atoms with van der Waals surface area (Å²) in [6.07, 6.45) is 2.83. The summed E-state index contributed by atoms with van der Waals surface area (Å²) >= 11 is 12.4. The molecule has 2 aromatic heterocycles.